The Morgan fingerprint density at radius 3 is 2.28 bits per heavy atom. The molecule has 2 atom stereocenters. The van der Waals surface area contributed by atoms with E-state index in [0.717, 1.165) is 5.56 Å². The number of halogens is 1. The summed E-state index contributed by atoms with van der Waals surface area (Å²) in [4.78, 5) is 28.6. The first-order valence-corrected chi connectivity index (χ1v) is 14.9. The maximum atomic E-state index is 12.7. The molecule has 0 aromatic heterocycles. The summed E-state index contributed by atoms with van der Waals surface area (Å²) < 4.78 is 6.21. The van der Waals surface area contributed by atoms with Crippen molar-refractivity contribution in [2.24, 2.45) is 0 Å². The Hall–Kier alpha value is -2.90. The third-order valence-electron chi connectivity index (χ3n) is 6.48. The van der Waals surface area contributed by atoms with E-state index in [9.17, 15) is 14.7 Å². The number of aliphatic hydroxyl groups excluding tert-OH is 1. The van der Waals surface area contributed by atoms with Crippen LogP contribution in [-0.2, 0) is 15.8 Å². The average molecular weight is 531 g/mol. The number of benzene rings is 2. The molecule has 8 nitrogen and oxygen atoms in total. The number of amides is 2. The number of aliphatic hydroxyl groups is 1. The van der Waals surface area contributed by atoms with Gasteiger partial charge in [0.05, 0.1) is 24.3 Å². The molecule has 1 unspecified atom stereocenters. The molecule has 0 fully saturated rings. The molecule has 0 saturated carbocycles. The molecule has 0 radical (unpaired) electrons. The third-order valence-corrected chi connectivity index (χ3v) is 11.4. The van der Waals surface area contributed by atoms with Gasteiger partial charge in [0, 0.05) is 11.3 Å². The summed E-state index contributed by atoms with van der Waals surface area (Å²) >= 11 is 6.20. The zero-order chi connectivity index (χ0) is 27.3. The number of nitrogens with zero attached hydrogens (tertiary/aromatic N) is 1. The smallest absolute Gasteiger partial charge is 0.269 e. The summed E-state index contributed by atoms with van der Waals surface area (Å²) in [5.74, 6) is -1.13. The number of hydrogen-bond acceptors (Lipinski definition) is 5. The van der Waals surface area contributed by atoms with Crippen LogP contribution in [-0.4, -0.2) is 37.4 Å². The van der Waals surface area contributed by atoms with Gasteiger partial charge in [-0.2, -0.15) is 0 Å². The number of anilines is 1. The lowest BCUT2D eigenvalue weighted by Gasteiger charge is -2.36. The fourth-order valence-corrected chi connectivity index (χ4v) is 4.15. The molecule has 2 aromatic carbocycles. The lowest BCUT2D eigenvalue weighted by atomic mass is 10.1. The first-order valence-electron chi connectivity index (χ1n) is 11.6. The van der Waals surface area contributed by atoms with Crippen LogP contribution in [0.3, 0.4) is 0 Å². The Morgan fingerprint density at radius 2 is 1.75 bits per heavy atom. The van der Waals surface area contributed by atoms with Crippen LogP contribution >= 0.6 is 11.6 Å². The SMILES string of the molecule is [C-]#[N+]c1ccc(N[C@@H](C(=O)NNC(=O)c2ccc(CO[Si](C)(C)C(C)(C)C)cc2)C(C)O)c(C)c1Cl. The van der Waals surface area contributed by atoms with Crippen LogP contribution in [0.4, 0.5) is 11.4 Å². The largest absolute Gasteiger partial charge is 0.413 e. The molecule has 2 amide bonds. The molecule has 0 heterocycles. The third kappa shape index (κ3) is 7.31. The van der Waals surface area contributed by atoms with Gasteiger partial charge in [-0.1, -0.05) is 50.6 Å². The molecule has 2 aromatic rings. The van der Waals surface area contributed by atoms with Gasteiger partial charge in [-0.05, 0) is 61.3 Å². The molecule has 36 heavy (non-hydrogen) atoms. The van der Waals surface area contributed by atoms with Gasteiger partial charge in [0.2, 0.25) is 5.69 Å². The number of carbonyl (C=O) groups excluding carboxylic acids is 2. The van der Waals surface area contributed by atoms with Gasteiger partial charge in [0.1, 0.15) is 6.04 Å². The maximum Gasteiger partial charge on any atom is 0.269 e. The van der Waals surface area contributed by atoms with Crippen molar-refractivity contribution in [2.45, 2.75) is 71.5 Å². The molecule has 2 rings (SSSR count). The Balaban J connectivity index is 1.99. The van der Waals surface area contributed by atoms with Crippen molar-refractivity contribution in [1.82, 2.24) is 10.9 Å². The molecule has 194 valence electrons. The van der Waals surface area contributed by atoms with E-state index in [-0.39, 0.29) is 10.1 Å². The highest BCUT2D eigenvalue weighted by Crippen LogP contribution is 2.37. The van der Waals surface area contributed by atoms with E-state index in [1.165, 1.54) is 13.0 Å². The van der Waals surface area contributed by atoms with Crippen LogP contribution in [0.25, 0.3) is 4.85 Å². The molecule has 0 aliphatic carbocycles. The van der Waals surface area contributed by atoms with Crippen molar-refractivity contribution >= 4 is 43.1 Å². The van der Waals surface area contributed by atoms with Gasteiger partial charge >= 0.3 is 0 Å². The Labute approximate surface area is 219 Å². The first kappa shape index (κ1) is 29.3. The van der Waals surface area contributed by atoms with Crippen molar-refractivity contribution in [3.63, 3.8) is 0 Å². The van der Waals surface area contributed by atoms with E-state index in [0.29, 0.717) is 29.1 Å². The highest BCUT2D eigenvalue weighted by atomic mass is 35.5. The lowest BCUT2D eigenvalue weighted by molar-refractivity contribution is -0.124. The van der Waals surface area contributed by atoms with Crippen molar-refractivity contribution in [1.29, 1.82) is 0 Å². The van der Waals surface area contributed by atoms with Gasteiger partial charge in [-0.3, -0.25) is 20.4 Å². The van der Waals surface area contributed by atoms with Crippen LogP contribution in [0.15, 0.2) is 36.4 Å². The summed E-state index contributed by atoms with van der Waals surface area (Å²) in [5, 5.41) is 13.5. The summed E-state index contributed by atoms with van der Waals surface area (Å²) in [5.41, 5.74) is 7.42. The number of nitrogens with one attached hydrogen (secondary N) is 3. The van der Waals surface area contributed by atoms with Crippen LogP contribution in [0, 0.1) is 13.5 Å². The van der Waals surface area contributed by atoms with Gasteiger partial charge in [-0.25, -0.2) is 4.85 Å². The minimum Gasteiger partial charge on any atom is -0.413 e. The molecule has 0 bridgehead atoms. The van der Waals surface area contributed by atoms with Crippen molar-refractivity contribution in [2.75, 3.05) is 5.32 Å². The fourth-order valence-electron chi connectivity index (χ4n) is 2.99. The lowest BCUT2D eigenvalue weighted by Crippen LogP contribution is -2.52. The van der Waals surface area contributed by atoms with Gasteiger partial charge in [-0.15, -0.1) is 0 Å². The predicted molar refractivity (Wildman–Crippen MR) is 146 cm³/mol. The Bertz CT molecular complexity index is 1140. The highest BCUT2D eigenvalue weighted by Gasteiger charge is 2.37. The van der Waals surface area contributed by atoms with Gasteiger partial charge in [0.25, 0.3) is 11.8 Å². The van der Waals surface area contributed by atoms with Crippen molar-refractivity contribution in [3.05, 3.63) is 69.5 Å². The van der Waals surface area contributed by atoms with Crippen LogP contribution in [0.5, 0.6) is 0 Å². The molecular formula is C26H35ClN4O4Si. The Morgan fingerprint density at radius 1 is 1.14 bits per heavy atom. The Kier molecular flexibility index (Phi) is 9.68. The fraction of sp³-hybridized carbons (Fsp3) is 0.423. The second-order valence-corrected chi connectivity index (χ2v) is 15.4. The minimum absolute atomic E-state index is 0.107. The van der Waals surface area contributed by atoms with E-state index in [2.05, 4.69) is 54.9 Å². The first-order chi connectivity index (χ1) is 16.7. The predicted octanol–water partition coefficient (Wildman–Crippen LogP) is 5.34. The number of carbonyl (C=O) groups is 2. The van der Waals surface area contributed by atoms with Crippen molar-refractivity contribution in [3.8, 4) is 0 Å². The maximum absolute atomic E-state index is 12.7. The van der Waals surface area contributed by atoms with E-state index in [1.54, 1.807) is 25.1 Å². The summed E-state index contributed by atoms with van der Waals surface area (Å²) in [6, 6.07) is 9.05. The summed E-state index contributed by atoms with van der Waals surface area (Å²) in [6.45, 7) is 21.7. The molecule has 4 N–H and O–H groups in total. The normalized spacial score (nSPS) is 13.3. The van der Waals surface area contributed by atoms with Crippen LogP contribution in [0.1, 0.15) is 49.2 Å². The number of rotatable bonds is 8. The van der Waals surface area contributed by atoms with Gasteiger partial charge in [0.15, 0.2) is 8.32 Å². The number of hydrogen-bond donors (Lipinski definition) is 4. The minimum atomic E-state index is -1.88. The second-order valence-electron chi connectivity index (χ2n) is 10.2. The standard InChI is InChI=1S/C26H35ClN4O4Si/c1-16-20(13-14-21(28-6)22(16)27)29-23(17(2)32)25(34)31-30-24(33)19-11-9-18(10-12-19)15-35-36(7,8)26(3,4)5/h9-14,17,23,29,32H,15H2,1-5,7-8H3,(H,30,33)(H,31,34)/t17?,23-/m1/s1. The van der Waals surface area contributed by atoms with Crippen molar-refractivity contribution < 1.29 is 19.1 Å². The highest BCUT2D eigenvalue weighted by molar-refractivity contribution is 6.74. The monoisotopic (exact) mass is 530 g/mol. The number of hydrazine groups is 1. The quantitative estimate of drug-likeness (QED) is 0.209. The molecule has 0 aliphatic heterocycles. The topological polar surface area (TPSA) is 104 Å². The zero-order valence-corrected chi connectivity index (χ0v) is 23.6. The molecule has 10 heteroatoms. The molecule has 0 aliphatic rings. The summed E-state index contributed by atoms with van der Waals surface area (Å²) in [6.07, 6.45) is -1.08. The van der Waals surface area contributed by atoms with Crippen LogP contribution in [0.2, 0.25) is 23.2 Å². The van der Waals surface area contributed by atoms with Gasteiger partial charge < -0.3 is 14.8 Å². The van der Waals surface area contributed by atoms with Crippen LogP contribution < -0.4 is 16.2 Å². The van der Waals surface area contributed by atoms with E-state index in [1.807, 2.05) is 12.1 Å². The molecule has 0 saturated heterocycles. The molecular weight excluding hydrogens is 496 g/mol. The second kappa shape index (κ2) is 11.9. The van der Waals surface area contributed by atoms with E-state index >= 15 is 0 Å². The van der Waals surface area contributed by atoms with E-state index in [4.69, 9.17) is 22.6 Å². The average Bonchev–Trinajstić information content (AvgIpc) is 2.81. The zero-order valence-electron chi connectivity index (χ0n) is 21.8. The summed E-state index contributed by atoms with van der Waals surface area (Å²) in [7, 11) is -1.88. The van der Waals surface area contributed by atoms with E-state index < -0.39 is 32.3 Å². The molecule has 0 spiro atoms.